The highest BCUT2D eigenvalue weighted by atomic mass is 31.1. The molecule has 0 amide bonds. The smallest absolute Gasteiger partial charge is 0.485 e. The van der Waals surface area contributed by atoms with Crippen molar-refractivity contribution < 1.29 is 29.6 Å². The van der Waals surface area contributed by atoms with Crippen LogP contribution in [0.4, 0.5) is 0 Å². The first kappa shape index (κ1) is 18.7. The number of esters is 1. The van der Waals surface area contributed by atoms with E-state index in [1.807, 2.05) is 51.1 Å². The van der Waals surface area contributed by atoms with E-state index < -0.39 is 13.9 Å². The summed E-state index contributed by atoms with van der Waals surface area (Å²) in [4.78, 5) is 27.3. The molecule has 1 unspecified atom stereocenters. The van der Waals surface area contributed by atoms with E-state index in [9.17, 15) is 4.79 Å². The Kier molecular flexibility index (Phi) is 8.18. The molecule has 4 N–H and O–H groups in total. The van der Waals surface area contributed by atoms with Gasteiger partial charge < -0.3 is 15.4 Å². The molecule has 0 saturated heterocycles. The van der Waals surface area contributed by atoms with Crippen LogP contribution in [-0.2, 0) is 20.5 Å². The minimum atomic E-state index is -3.12. The molecule has 0 heterocycles. The number of quaternary nitrogens is 1. The van der Waals surface area contributed by atoms with Gasteiger partial charge in [-0.05, 0) is 30.9 Å². The van der Waals surface area contributed by atoms with Crippen LogP contribution in [-0.4, -0.2) is 22.5 Å². The van der Waals surface area contributed by atoms with E-state index >= 15 is 0 Å². The van der Waals surface area contributed by atoms with Crippen LogP contribution in [0.2, 0.25) is 0 Å². The summed E-state index contributed by atoms with van der Waals surface area (Å²) >= 11 is 0. The first-order valence-electron chi connectivity index (χ1n) is 6.05. The van der Waals surface area contributed by atoms with E-state index in [2.05, 4.69) is 5.73 Å². The van der Waals surface area contributed by atoms with E-state index in [1.54, 1.807) is 0 Å². The second-order valence-electron chi connectivity index (χ2n) is 5.16. The maximum absolute atomic E-state index is 11.7. The number of carbonyl (C=O) groups excluding carboxylic acids is 1. The van der Waals surface area contributed by atoms with Gasteiger partial charge in [0.25, 0.3) is 0 Å². The molecule has 0 aliphatic rings. The number of rotatable bonds is 3. The van der Waals surface area contributed by atoms with Gasteiger partial charge in [-0.1, -0.05) is 30.3 Å². The monoisotopic (exact) mass is 302 g/mol. The van der Waals surface area contributed by atoms with Crippen molar-refractivity contribution in [1.29, 1.82) is 0 Å². The third-order valence-corrected chi connectivity index (χ3v) is 2.07. The number of hydrogen-bond acceptors (Lipinski definition) is 4. The van der Waals surface area contributed by atoms with E-state index in [1.165, 1.54) is 0 Å². The maximum atomic E-state index is 11.7. The van der Waals surface area contributed by atoms with Gasteiger partial charge in [0.15, 0.2) is 6.04 Å². The molecular formula is C13H21NO5P+. The van der Waals surface area contributed by atoms with Crippen LogP contribution in [0.3, 0.4) is 0 Å². The van der Waals surface area contributed by atoms with Gasteiger partial charge in [-0.25, -0.2) is 4.79 Å². The summed E-state index contributed by atoms with van der Waals surface area (Å²) in [5.41, 5.74) is 4.51. The Morgan fingerprint density at radius 2 is 1.85 bits per heavy atom. The molecule has 0 spiro atoms. The van der Waals surface area contributed by atoms with Crippen LogP contribution in [0.15, 0.2) is 30.3 Å². The largest absolute Gasteiger partial charge is 0.567 e. The van der Waals surface area contributed by atoms with Crippen molar-refractivity contribution in [3.05, 3.63) is 35.9 Å². The van der Waals surface area contributed by atoms with Gasteiger partial charge in [0.05, 0.1) is 0 Å². The van der Waals surface area contributed by atoms with Crippen molar-refractivity contribution in [2.75, 3.05) is 0 Å². The zero-order valence-electron chi connectivity index (χ0n) is 11.9. The Balaban J connectivity index is 0.000000796. The van der Waals surface area contributed by atoms with Gasteiger partial charge in [-0.3, -0.25) is 0 Å². The van der Waals surface area contributed by atoms with Crippen LogP contribution < -0.4 is 10.6 Å². The Morgan fingerprint density at radius 1 is 1.40 bits per heavy atom. The SMILES string of the molecule is CC(C)(C)OC(=O)[C@@H]([NH3+])Cc1ccccc1.O=[P+]([O-])O. The molecule has 0 aliphatic heterocycles. The fourth-order valence-electron chi connectivity index (χ4n) is 1.37. The predicted molar refractivity (Wildman–Crippen MR) is 72.5 cm³/mol. The third-order valence-electron chi connectivity index (χ3n) is 2.07. The zero-order chi connectivity index (χ0) is 15.8. The minimum Gasteiger partial charge on any atom is -0.567 e. The lowest BCUT2D eigenvalue weighted by Crippen LogP contribution is -2.66. The molecule has 0 aromatic heterocycles. The zero-order valence-corrected chi connectivity index (χ0v) is 12.8. The molecule has 1 aromatic rings. The molecule has 1 aromatic carbocycles. The Morgan fingerprint density at radius 3 is 2.25 bits per heavy atom. The summed E-state index contributed by atoms with van der Waals surface area (Å²) in [6, 6.07) is 9.50. The lowest BCUT2D eigenvalue weighted by molar-refractivity contribution is -0.409. The summed E-state index contributed by atoms with van der Waals surface area (Å²) in [7, 11) is -3.12. The predicted octanol–water partition coefficient (Wildman–Crippen LogP) is 0.178. The molecular weight excluding hydrogens is 281 g/mol. The summed E-state index contributed by atoms with van der Waals surface area (Å²) in [5, 5.41) is 0. The van der Waals surface area contributed by atoms with Gasteiger partial charge in [-0.15, -0.1) is 0 Å². The van der Waals surface area contributed by atoms with Crippen molar-refractivity contribution >= 4 is 14.2 Å². The maximum Gasteiger partial charge on any atom is 0.485 e. The van der Waals surface area contributed by atoms with E-state index in [-0.39, 0.29) is 12.0 Å². The highest BCUT2D eigenvalue weighted by Crippen LogP contribution is 2.09. The van der Waals surface area contributed by atoms with Gasteiger partial charge in [-0.2, -0.15) is 4.89 Å². The van der Waals surface area contributed by atoms with Crippen LogP contribution in [0.25, 0.3) is 0 Å². The van der Waals surface area contributed by atoms with Crippen LogP contribution >= 0.6 is 8.25 Å². The fourth-order valence-corrected chi connectivity index (χ4v) is 1.37. The van der Waals surface area contributed by atoms with Crippen molar-refractivity contribution in [2.24, 2.45) is 0 Å². The quantitative estimate of drug-likeness (QED) is 0.610. The van der Waals surface area contributed by atoms with Crippen LogP contribution in [0.5, 0.6) is 0 Å². The normalized spacial score (nSPS) is 12.8. The van der Waals surface area contributed by atoms with Gasteiger partial charge >= 0.3 is 14.2 Å². The second-order valence-corrected chi connectivity index (χ2v) is 5.63. The van der Waals surface area contributed by atoms with Crippen LogP contribution in [0.1, 0.15) is 26.3 Å². The first-order valence-corrected chi connectivity index (χ1v) is 7.18. The third kappa shape index (κ3) is 10.6. The highest BCUT2D eigenvalue weighted by molar-refractivity contribution is 7.29. The van der Waals surface area contributed by atoms with Crippen molar-refractivity contribution in [1.82, 2.24) is 0 Å². The number of benzene rings is 1. The van der Waals surface area contributed by atoms with E-state index in [0.29, 0.717) is 6.42 Å². The fraction of sp³-hybridized carbons (Fsp3) is 0.462. The molecule has 1 rings (SSSR count). The molecule has 6 nitrogen and oxygen atoms in total. The summed E-state index contributed by atoms with van der Waals surface area (Å²) in [6.45, 7) is 5.58. The van der Waals surface area contributed by atoms with Crippen LogP contribution in [0, 0.1) is 0 Å². The Bertz CT molecular complexity index is 426. The van der Waals surface area contributed by atoms with Gasteiger partial charge in [0, 0.05) is 6.42 Å². The van der Waals surface area contributed by atoms with Crippen molar-refractivity contribution in [3.8, 4) is 0 Å². The van der Waals surface area contributed by atoms with Crippen molar-refractivity contribution in [2.45, 2.75) is 38.8 Å². The van der Waals surface area contributed by atoms with Gasteiger partial charge in [0.1, 0.15) is 5.60 Å². The highest BCUT2D eigenvalue weighted by Gasteiger charge is 2.24. The summed E-state index contributed by atoms with van der Waals surface area (Å²) in [6.07, 6.45) is 0.621. The molecule has 20 heavy (non-hydrogen) atoms. The molecule has 0 bridgehead atoms. The molecule has 7 heteroatoms. The van der Waals surface area contributed by atoms with E-state index in [0.717, 1.165) is 5.56 Å². The van der Waals surface area contributed by atoms with Crippen molar-refractivity contribution in [3.63, 3.8) is 0 Å². The standard InChI is InChI=1S/C13H19NO2.HO3P/c1-13(2,3)16-12(15)11(14)9-10-7-5-4-6-8-10;1-4(2)3/h4-8,11H,9,14H2,1-3H3;(H,1,2,3)/p+1/t11-;/m0./s1. The average Bonchev–Trinajstić information content (AvgIpc) is 2.27. The number of hydrogen-bond donors (Lipinski definition) is 2. The minimum absolute atomic E-state index is 0.239. The summed E-state index contributed by atoms with van der Waals surface area (Å²) in [5.74, 6) is -0.239. The molecule has 0 aliphatic carbocycles. The molecule has 0 saturated carbocycles. The molecule has 0 fully saturated rings. The molecule has 0 radical (unpaired) electrons. The Labute approximate surface area is 119 Å². The Hall–Kier alpha value is -1.33. The second kappa shape index (κ2) is 8.76. The topological polar surface area (TPSA) is 114 Å². The molecule has 112 valence electrons. The first-order chi connectivity index (χ1) is 9.11. The number of carbonyl (C=O) groups is 1. The van der Waals surface area contributed by atoms with E-state index in [4.69, 9.17) is 19.1 Å². The average molecular weight is 302 g/mol. The van der Waals surface area contributed by atoms with Gasteiger partial charge in [0.2, 0.25) is 0 Å². The lowest BCUT2D eigenvalue weighted by Gasteiger charge is -2.20. The summed E-state index contributed by atoms with van der Waals surface area (Å²) < 4.78 is 13.9. The number of ether oxygens (including phenoxy) is 1. The lowest BCUT2D eigenvalue weighted by atomic mass is 10.1. The molecule has 2 atom stereocenters.